The first-order valence-corrected chi connectivity index (χ1v) is 7.13. The Morgan fingerprint density at radius 2 is 1.82 bits per heavy atom. The van der Waals surface area contributed by atoms with Crippen LogP contribution < -0.4 is 0 Å². The van der Waals surface area contributed by atoms with Gasteiger partial charge in [0.25, 0.3) is 0 Å². The van der Waals surface area contributed by atoms with Crippen molar-refractivity contribution in [1.82, 2.24) is 4.90 Å². The molecule has 2 unspecified atom stereocenters. The van der Waals surface area contributed by atoms with Crippen molar-refractivity contribution in [2.45, 2.75) is 32.3 Å². The van der Waals surface area contributed by atoms with Crippen LogP contribution in [0.4, 0.5) is 9.18 Å². The molecule has 1 fully saturated rings. The van der Waals surface area contributed by atoms with Gasteiger partial charge in [0.1, 0.15) is 11.4 Å². The SMILES string of the molecule is CC(C)(C)OC(=O)C1CN(C(=O)O)CC1c1ccc(F)cc1. The van der Waals surface area contributed by atoms with E-state index in [1.807, 2.05) is 0 Å². The molecule has 1 aromatic carbocycles. The number of hydrogen-bond donors (Lipinski definition) is 1. The lowest BCUT2D eigenvalue weighted by Gasteiger charge is -2.24. The molecule has 1 saturated heterocycles. The van der Waals surface area contributed by atoms with Gasteiger partial charge in [-0.25, -0.2) is 9.18 Å². The zero-order chi connectivity index (χ0) is 16.5. The third-order valence-electron chi connectivity index (χ3n) is 3.60. The summed E-state index contributed by atoms with van der Waals surface area (Å²) in [5, 5.41) is 9.17. The number of rotatable bonds is 2. The Balaban J connectivity index is 2.25. The van der Waals surface area contributed by atoms with Crippen molar-refractivity contribution in [3.8, 4) is 0 Å². The fourth-order valence-electron chi connectivity index (χ4n) is 2.62. The van der Waals surface area contributed by atoms with Crippen molar-refractivity contribution < 1.29 is 23.8 Å². The number of esters is 1. The molecule has 0 spiro atoms. The zero-order valence-corrected chi connectivity index (χ0v) is 12.9. The summed E-state index contributed by atoms with van der Waals surface area (Å²) in [6.07, 6.45) is -1.07. The summed E-state index contributed by atoms with van der Waals surface area (Å²) in [6.45, 7) is 5.59. The second-order valence-corrected chi connectivity index (χ2v) is 6.49. The van der Waals surface area contributed by atoms with E-state index in [1.54, 1.807) is 32.9 Å². The lowest BCUT2D eigenvalue weighted by molar-refractivity contribution is -0.159. The summed E-state index contributed by atoms with van der Waals surface area (Å²) >= 11 is 0. The van der Waals surface area contributed by atoms with Gasteiger partial charge in [0.05, 0.1) is 5.92 Å². The molecule has 0 aliphatic carbocycles. The first-order chi connectivity index (χ1) is 10.2. The molecule has 2 atom stereocenters. The van der Waals surface area contributed by atoms with Crippen LogP contribution in [0.3, 0.4) is 0 Å². The van der Waals surface area contributed by atoms with Gasteiger partial charge < -0.3 is 14.7 Å². The van der Waals surface area contributed by atoms with Crippen molar-refractivity contribution in [1.29, 1.82) is 0 Å². The van der Waals surface area contributed by atoms with E-state index >= 15 is 0 Å². The van der Waals surface area contributed by atoms with Crippen molar-refractivity contribution in [3.63, 3.8) is 0 Å². The molecule has 1 heterocycles. The van der Waals surface area contributed by atoms with E-state index in [9.17, 15) is 14.0 Å². The number of ether oxygens (including phenoxy) is 1. The second-order valence-electron chi connectivity index (χ2n) is 6.49. The quantitative estimate of drug-likeness (QED) is 0.853. The Bertz CT molecular complexity index is 565. The van der Waals surface area contributed by atoms with Gasteiger partial charge in [0.2, 0.25) is 0 Å². The Hall–Kier alpha value is -2.11. The van der Waals surface area contributed by atoms with E-state index in [4.69, 9.17) is 9.84 Å². The fraction of sp³-hybridized carbons (Fsp3) is 0.500. The third kappa shape index (κ3) is 3.75. The smallest absolute Gasteiger partial charge is 0.407 e. The van der Waals surface area contributed by atoms with Gasteiger partial charge in [-0.3, -0.25) is 4.79 Å². The molecule has 1 aromatic rings. The Morgan fingerprint density at radius 3 is 2.32 bits per heavy atom. The van der Waals surface area contributed by atoms with Crippen LogP contribution >= 0.6 is 0 Å². The van der Waals surface area contributed by atoms with E-state index < -0.39 is 23.6 Å². The van der Waals surface area contributed by atoms with Crippen LogP contribution in [0.15, 0.2) is 24.3 Å². The molecular weight excluding hydrogens is 289 g/mol. The maximum absolute atomic E-state index is 13.1. The summed E-state index contributed by atoms with van der Waals surface area (Å²) in [5.74, 6) is -1.71. The number of carbonyl (C=O) groups is 2. The average molecular weight is 309 g/mol. The maximum atomic E-state index is 13.1. The number of amides is 1. The molecule has 120 valence electrons. The largest absolute Gasteiger partial charge is 0.465 e. The van der Waals surface area contributed by atoms with Crippen LogP contribution in [0.2, 0.25) is 0 Å². The van der Waals surface area contributed by atoms with Crippen LogP contribution in [0.5, 0.6) is 0 Å². The first-order valence-electron chi connectivity index (χ1n) is 7.13. The van der Waals surface area contributed by atoms with E-state index in [2.05, 4.69) is 0 Å². The number of likely N-dealkylation sites (tertiary alicyclic amines) is 1. The average Bonchev–Trinajstić information content (AvgIpc) is 2.83. The van der Waals surface area contributed by atoms with Crippen molar-refractivity contribution in [2.75, 3.05) is 13.1 Å². The Morgan fingerprint density at radius 1 is 1.23 bits per heavy atom. The van der Waals surface area contributed by atoms with Crippen LogP contribution in [0.25, 0.3) is 0 Å². The number of carboxylic acid groups (broad SMARTS) is 1. The highest BCUT2D eigenvalue weighted by Crippen LogP contribution is 2.34. The number of carbonyl (C=O) groups excluding carboxylic acids is 1. The van der Waals surface area contributed by atoms with E-state index in [0.29, 0.717) is 0 Å². The molecule has 0 saturated carbocycles. The minimum atomic E-state index is -1.07. The van der Waals surface area contributed by atoms with Gasteiger partial charge in [-0.05, 0) is 38.5 Å². The molecule has 1 N–H and O–H groups in total. The van der Waals surface area contributed by atoms with Gasteiger partial charge in [-0.1, -0.05) is 12.1 Å². The summed E-state index contributed by atoms with van der Waals surface area (Å²) in [6, 6.07) is 5.79. The number of halogens is 1. The molecule has 0 bridgehead atoms. The van der Waals surface area contributed by atoms with Gasteiger partial charge in [0, 0.05) is 19.0 Å². The summed E-state index contributed by atoms with van der Waals surface area (Å²) < 4.78 is 18.5. The molecular formula is C16H20FNO4. The number of hydrogen-bond acceptors (Lipinski definition) is 3. The normalized spacial score (nSPS) is 21.7. The van der Waals surface area contributed by atoms with E-state index in [-0.39, 0.29) is 24.8 Å². The van der Waals surface area contributed by atoms with Crippen LogP contribution in [0, 0.1) is 11.7 Å². The molecule has 1 amide bonds. The Kier molecular flexibility index (Phi) is 4.39. The lowest BCUT2D eigenvalue weighted by atomic mass is 9.89. The van der Waals surface area contributed by atoms with Crippen LogP contribution in [-0.2, 0) is 9.53 Å². The predicted molar refractivity (Wildman–Crippen MR) is 78.1 cm³/mol. The van der Waals surface area contributed by atoms with Crippen LogP contribution in [0.1, 0.15) is 32.3 Å². The molecule has 2 rings (SSSR count). The highest BCUT2D eigenvalue weighted by Gasteiger charge is 2.42. The Labute approximate surface area is 128 Å². The second kappa shape index (κ2) is 5.94. The maximum Gasteiger partial charge on any atom is 0.407 e. The van der Waals surface area contributed by atoms with Gasteiger partial charge in [-0.2, -0.15) is 0 Å². The van der Waals surface area contributed by atoms with Crippen molar-refractivity contribution in [2.24, 2.45) is 5.92 Å². The predicted octanol–water partition coefficient (Wildman–Crippen LogP) is 2.86. The van der Waals surface area contributed by atoms with E-state index in [1.165, 1.54) is 17.0 Å². The highest BCUT2D eigenvalue weighted by atomic mass is 19.1. The number of benzene rings is 1. The first kappa shape index (κ1) is 16.3. The van der Waals surface area contributed by atoms with Crippen molar-refractivity contribution in [3.05, 3.63) is 35.6 Å². The van der Waals surface area contributed by atoms with Crippen molar-refractivity contribution >= 4 is 12.1 Å². The van der Waals surface area contributed by atoms with E-state index in [0.717, 1.165) is 5.56 Å². The van der Waals surface area contributed by atoms with Gasteiger partial charge in [-0.15, -0.1) is 0 Å². The highest BCUT2D eigenvalue weighted by molar-refractivity contribution is 5.77. The fourth-order valence-corrected chi connectivity index (χ4v) is 2.62. The van der Waals surface area contributed by atoms with Crippen LogP contribution in [-0.4, -0.2) is 40.8 Å². The monoisotopic (exact) mass is 309 g/mol. The third-order valence-corrected chi connectivity index (χ3v) is 3.60. The molecule has 5 nitrogen and oxygen atoms in total. The molecule has 1 aliphatic heterocycles. The topological polar surface area (TPSA) is 66.8 Å². The van der Waals surface area contributed by atoms with Gasteiger partial charge >= 0.3 is 12.1 Å². The van der Waals surface area contributed by atoms with Gasteiger partial charge in [0.15, 0.2) is 0 Å². The lowest BCUT2D eigenvalue weighted by Crippen LogP contribution is -2.33. The summed E-state index contributed by atoms with van der Waals surface area (Å²) in [7, 11) is 0. The standard InChI is InChI=1S/C16H20FNO4/c1-16(2,3)22-14(19)13-9-18(15(20)21)8-12(13)10-4-6-11(17)7-5-10/h4-7,12-13H,8-9H2,1-3H3,(H,20,21). The number of nitrogens with zero attached hydrogens (tertiary/aromatic N) is 1. The molecule has 1 aliphatic rings. The zero-order valence-electron chi connectivity index (χ0n) is 12.9. The molecule has 6 heteroatoms. The minimum Gasteiger partial charge on any atom is -0.465 e. The summed E-state index contributed by atoms with van der Waals surface area (Å²) in [4.78, 5) is 24.8. The molecule has 22 heavy (non-hydrogen) atoms. The molecule has 0 radical (unpaired) electrons. The summed E-state index contributed by atoms with van der Waals surface area (Å²) in [5.41, 5.74) is 0.0992. The minimum absolute atomic E-state index is 0.0896. The molecule has 0 aromatic heterocycles.